The highest BCUT2D eigenvalue weighted by molar-refractivity contribution is 5.78. The van der Waals surface area contributed by atoms with Crippen LogP contribution in [0.2, 0.25) is 0 Å². The summed E-state index contributed by atoms with van der Waals surface area (Å²) in [5, 5.41) is 16.5. The highest BCUT2D eigenvalue weighted by Gasteiger charge is 2.13. The molecule has 0 rings (SSSR count). The maximum atomic E-state index is 11.6. The van der Waals surface area contributed by atoms with Gasteiger partial charge in [-0.3, -0.25) is 4.79 Å². The van der Waals surface area contributed by atoms with E-state index in [1.165, 1.54) is 0 Å². The van der Waals surface area contributed by atoms with Gasteiger partial charge in [-0.05, 0) is 41.5 Å². The molecule has 0 unspecified atom stereocenters. The van der Waals surface area contributed by atoms with Gasteiger partial charge in [0.05, 0.1) is 6.54 Å². The minimum atomic E-state index is -0.297. The average molecular weight is 358 g/mol. The van der Waals surface area contributed by atoms with Crippen LogP contribution in [0.3, 0.4) is 0 Å². The van der Waals surface area contributed by atoms with E-state index in [2.05, 4.69) is 31.9 Å². The third kappa shape index (κ3) is 16.6. The fourth-order valence-corrected chi connectivity index (χ4v) is 1.68. The van der Waals surface area contributed by atoms with Gasteiger partial charge < -0.3 is 31.9 Å². The van der Waals surface area contributed by atoms with Crippen molar-refractivity contribution >= 4 is 18.0 Å². The first kappa shape index (κ1) is 23.0. The van der Waals surface area contributed by atoms with E-state index in [0.717, 1.165) is 0 Å². The molecule has 0 aromatic heterocycles. The van der Waals surface area contributed by atoms with Gasteiger partial charge >= 0.3 is 12.1 Å². The van der Waals surface area contributed by atoms with Crippen LogP contribution >= 0.6 is 0 Å². The van der Waals surface area contributed by atoms with Crippen molar-refractivity contribution in [2.75, 3.05) is 32.7 Å². The van der Waals surface area contributed by atoms with Gasteiger partial charge in [-0.1, -0.05) is 0 Å². The molecule has 5 amide bonds. The lowest BCUT2D eigenvalue weighted by Crippen LogP contribution is -2.49. The normalized spacial score (nSPS) is 11.4. The monoisotopic (exact) mass is 358 g/mol. The molecule has 6 N–H and O–H groups in total. The molecular weight excluding hydrogens is 324 g/mol. The van der Waals surface area contributed by atoms with Gasteiger partial charge in [0.2, 0.25) is 5.91 Å². The van der Waals surface area contributed by atoms with Crippen LogP contribution in [-0.4, -0.2) is 61.8 Å². The Morgan fingerprint density at radius 3 is 1.48 bits per heavy atom. The number of hydrogen-bond donors (Lipinski definition) is 6. The van der Waals surface area contributed by atoms with Crippen LogP contribution in [0.15, 0.2) is 0 Å². The molecule has 0 radical (unpaired) electrons. The summed E-state index contributed by atoms with van der Waals surface area (Å²) in [5.41, 5.74) is -0.579. The van der Waals surface area contributed by atoms with Crippen molar-refractivity contribution in [2.24, 2.45) is 0 Å². The van der Waals surface area contributed by atoms with E-state index < -0.39 is 0 Å². The Hall–Kier alpha value is -2.03. The lowest BCUT2D eigenvalue weighted by atomic mass is 10.1. The Morgan fingerprint density at radius 2 is 1.04 bits per heavy atom. The first-order valence-electron chi connectivity index (χ1n) is 8.48. The van der Waals surface area contributed by atoms with Crippen molar-refractivity contribution < 1.29 is 14.4 Å². The largest absolute Gasteiger partial charge is 0.353 e. The second kappa shape index (κ2) is 10.8. The molecule has 0 aromatic rings. The van der Waals surface area contributed by atoms with Crippen molar-refractivity contribution in [3.8, 4) is 0 Å². The van der Waals surface area contributed by atoms with E-state index in [9.17, 15) is 14.4 Å². The van der Waals surface area contributed by atoms with Crippen molar-refractivity contribution in [3.05, 3.63) is 0 Å². The molecule has 0 aromatic carbocycles. The third-order valence-corrected chi connectivity index (χ3v) is 2.58. The molecule has 0 heterocycles. The second-order valence-electron chi connectivity index (χ2n) is 7.79. The lowest BCUT2D eigenvalue weighted by Gasteiger charge is -2.21. The number of nitrogens with one attached hydrogen (secondary N) is 6. The standard InChI is InChI=1S/C16H34N6O3/c1-15(2,3)21-13(24)19-8-7-17-11-12(23)18-9-10-20-14(25)22-16(4,5)6/h17H,7-11H2,1-6H3,(H,18,23)(H2,19,21,24)(H2,20,22,25). The fraction of sp³-hybridized carbons (Fsp3) is 0.812. The Labute approximate surface area is 150 Å². The number of carbonyl (C=O) groups is 3. The number of urea groups is 2. The summed E-state index contributed by atoms with van der Waals surface area (Å²) in [4.78, 5) is 34.6. The predicted octanol–water partition coefficient (Wildman–Crippen LogP) is -0.112. The molecule has 0 atom stereocenters. The van der Waals surface area contributed by atoms with E-state index in [0.29, 0.717) is 26.2 Å². The number of hydrogen-bond acceptors (Lipinski definition) is 4. The highest BCUT2D eigenvalue weighted by Crippen LogP contribution is 1.97. The van der Waals surface area contributed by atoms with E-state index in [4.69, 9.17) is 0 Å². The molecule has 9 nitrogen and oxygen atoms in total. The van der Waals surface area contributed by atoms with Crippen molar-refractivity contribution in [2.45, 2.75) is 52.6 Å². The molecule has 0 bridgehead atoms. The van der Waals surface area contributed by atoms with E-state index in [1.54, 1.807) is 0 Å². The molecular formula is C16H34N6O3. The quantitative estimate of drug-likeness (QED) is 0.339. The Morgan fingerprint density at radius 1 is 0.640 bits per heavy atom. The Bertz CT molecular complexity index is 440. The molecule has 146 valence electrons. The maximum Gasteiger partial charge on any atom is 0.315 e. The minimum Gasteiger partial charge on any atom is -0.353 e. The molecule has 0 spiro atoms. The van der Waals surface area contributed by atoms with E-state index in [-0.39, 0.29) is 35.6 Å². The van der Waals surface area contributed by atoms with E-state index >= 15 is 0 Å². The molecule has 0 aliphatic carbocycles. The molecule has 9 heteroatoms. The molecule has 0 fully saturated rings. The predicted molar refractivity (Wildman–Crippen MR) is 98.5 cm³/mol. The fourth-order valence-electron chi connectivity index (χ4n) is 1.68. The van der Waals surface area contributed by atoms with Gasteiger partial charge in [0.15, 0.2) is 0 Å². The Balaban J connectivity index is 3.60. The van der Waals surface area contributed by atoms with Gasteiger partial charge in [-0.2, -0.15) is 0 Å². The summed E-state index contributed by atoms with van der Waals surface area (Å²) in [5.74, 6) is -0.169. The number of amides is 5. The van der Waals surface area contributed by atoms with Gasteiger partial charge in [0.1, 0.15) is 0 Å². The van der Waals surface area contributed by atoms with Crippen LogP contribution in [0, 0.1) is 0 Å². The van der Waals surface area contributed by atoms with Crippen LogP contribution in [0.25, 0.3) is 0 Å². The minimum absolute atomic E-state index is 0.150. The third-order valence-electron chi connectivity index (χ3n) is 2.58. The first-order chi connectivity index (χ1) is 11.4. The van der Waals surface area contributed by atoms with Crippen molar-refractivity contribution in [3.63, 3.8) is 0 Å². The lowest BCUT2D eigenvalue weighted by molar-refractivity contribution is -0.120. The van der Waals surface area contributed by atoms with Crippen LogP contribution in [-0.2, 0) is 4.79 Å². The van der Waals surface area contributed by atoms with Crippen LogP contribution < -0.4 is 31.9 Å². The molecule has 0 aliphatic heterocycles. The maximum absolute atomic E-state index is 11.6. The van der Waals surface area contributed by atoms with Gasteiger partial charge in [0.25, 0.3) is 0 Å². The summed E-state index contributed by atoms with van der Waals surface area (Å²) in [6.07, 6.45) is 0. The summed E-state index contributed by atoms with van der Waals surface area (Å²) < 4.78 is 0. The average Bonchev–Trinajstić information content (AvgIpc) is 2.39. The van der Waals surface area contributed by atoms with Crippen LogP contribution in [0.4, 0.5) is 9.59 Å². The van der Waals surface area contributed by atoms with Gasteiger partial charge in [-0.25, -0.2) is 9.59 Å². The molecule has 0 saturated heterocycles. The van der Waals surface area contributed by atoms with Crippen molar-refractivity contribution in [1.29, 1.82) is 0 Å². The zero-order valence-corrected chi connectivity index (χ0v) is 16.3. The summed E-state index contributed by atoms with van der Waals surface area (Å²) >= 11 is 0. The molecule has 25 heavy (non-hydrogen) atoms. The second-order valence-corrected chi connectivity index (χ2v) is 7.79. The van der Waals surface area contributed by atoms with Gasteiger partial charge in [-0.15, -0.1) is 0 Å². The summed E-state index contributed by atoms with van der Waals surface area (Å²) in [7, 11) is 0. The van der Waals surface area contributed by atoms with Crippen LogP contribution in [0.1, 0.15) is 41.5 Å². The number of carbonyl (C=O) groups excluding carboxylic acids is 3. The summed E-state index contributed by atoms with van der Waals surface area (Å²) in [6.45, 7) is 13.1. The zero-order valence-electron chi connectivity index (χ0n) is 16.3. The molecule has 0 saturated carbocycles. The smallest absolute Gasteiger partial charge is 0.315 e. The summed E-state index contributed by atoms with van der Waals surface area (Å²) in [6, 6.07) is -0.502. The van der Waals surface area contributed by atoms with E-state index in [1.807, 2.05) is 41.5 Å². The topological polar surface area (TPSA) is 123 Å². The van der Waals surface area contributed by atoms with Crippen molar-refractivity contribution in [1.82, 2.24) is 31.9 Å². The van der Waals surface area contributed by atoms with Gasteiger partial charge in [0, 0.05) is 37.3 Å². The van der Waals surface area contributed by atoms with Crippen LogP contribution in [0.5, 0.6) is 0 Å². The first-order valence-corrected chi connectivity index (χ1v) is 8.48. The Kier molecular flexibility index (Phi) is 9.88. The zero-order chi connectivity index (χ0) is 19.5. The highest BCUT2D eigenvalue weighted by atomic mass is 16.2. The number of rotatable bonds is 8. The SMILES string of the molecule is CC(C)(C)NC(=O)NCCNCC(=O)NCCNC(=O)NC(C)(C)C. The molecule has 0 aliphatic rings.